The van der Waals surface area contributed by atoms with Crippen LogP contribution in [0.5, 0.6) is 0 Å². The lowest BCUT2D eigenvalue weighted by Crippen LogP contribution is -2.39. The number of amides is 1. The van der Waals surface area contributed by atoms with Gasteiger partial charge in [0.2, 0.25) is 0 Å². The Balaban J connectivity index is 1.60. The molecule has 2 aliphatic rings. The van der Waals surface area contributed by atoms with E-state index in [1.54, 1.807) is 18.0 Å². The highest BCUT2D eigenvalue weighted by Gasteiger charge is 2.32. The highest BCUT2D eigenvalue weighted by Crippen LogP contribution is 2.40. The molecular formula is C13H19N3O2S. The van der Waals surface area contributed by atoms with Crippen molar-refractivity contribution in [2.45, 2.75) is 31.7 Å². The molecule has 0 radical (unpaired) electrons. The van der Waals surface area contributed by atoms with E-state index in [4.69, 9.17) is 4.52 Å². The molecule has 1 aromatic rings. The molecule has 1 saturated heterocycles. The van der Waals surface area contributed by atoms with E-state index in [0.29, 0.717) is 17.5 Å². The summed E-state index contributed by atoms with van der Waals surface area (Å²) in [7, 11) is 0. The van der Waals surface area contributed by atoms with Gasteiger partial charge in [0.1, 0.15) is 5.76 Å². The van der Waals surface area contributed by atoms with Crippen LogP contribution in [0, 0.1) is 5.92 Å². The quantitative estimate of drug-likeness (QED) is 0.854. The minimum atomic E-state index is -0.115. The van der Waals surface area contributed by atoms with Crippen molar-refractivity contribution in [1.82, 2.24) is 14.8 Å². The average Bonchev–Trinajstić information content (AvgIpc) is 3.02. The van der Waals surface area contributed by atoms with Crippen molar-refractivity contribution < 1.29 is 9.32 Å². The van der Waals surface area contributed by atoms with Crippen LogP contribution in [0.1, 0.15) is 41.9 Å². The van der Waals surface area contributed by atoms with Crippen molar-refractivity contribution in [3.8, 4) is 0 Å². The second kappa shape index (κ2) is 5.17. The molecule has 0 aromatic carbocycles. The van der Waals surface area contributed by atoms with Crippen LogP contribution < -0.4 is 5.32 Å². The molecule has 1 saturated carbocycles. The fourth-order valence-electron chi connectivity index (χ4n) is 2.46. The van der Waals surface area contributed by atoms with E-state index in [1.165, 1.54) is 0 Å². The summed E-state index contributed by atoms with van der Waals surface area (Å²) in [5.41, 5.74) is 0.414. The normalized spacial score (nSPS) is 27.7. The number of carbonyl (C=O) groups excluding carboxylic acids is 1. The summed E-state index contributed by atoms with van der Waals surface area (Å²) in [6.45, 7) is 4.07. The first kappa shape index (κ1) is 13.0. The molecule has 5 nitrogen and oxygen atoms in total. The highest BCUT2D eigenvalue weighted by atomic mass is 32.2. The third kappa shape index (κ3) is 2.79. The first-order valence-corrected chi connectivity index (χ1v) is 7.92. The molecular weight excluding hydrogens is 262 g/mol. The van der Waals surface area contributed by atoms with Crippen molar-refractivity contribution in [1.29, 1.82) is 0 Å². The molecule has 19 heavy (non-hydrogen) atoms. The number of nitrogens with zero attached hydrogens (tertiary/aromatic N) is 2. The third-order valence-corrected chi connectivity index (χ3v) is 4.71. The Morgan fingerprint density at radius 2 is 2.32 bits per heavy atom. The Labute approximate surface area is 117 Å². The Morgan fingerprint density at radius 3 is 2.95 bits per heavy atom. The van der Waals surface area contributed by atoms with Gasteiger partial charge in [-0.25, -0.2) is 4.31 Å². The molecule has 2 heterocycles. The number of nitrogens with one attached hydrogen (secondary N) is 1. The fourth-order valence-corrected chi connectivity index (χ4v) is 3.15. The number of aromatic nitrogens is 1. The standard InChI is InChI=1S/C13H19N3O2S/c1-8-6-16(19-2)7-11(8)14-13(17)10-5-12(18-15-10)9-3-4-9/h5,8-9,11H,3-4,6-7H2,1-2H3,(H,14,17). The summed E-state index contributed by atoms with van der Waals surface area (Å²) >= 11 is 1.73. The van der Waals surface area contributed by atoms with Gasteiger partial charge in [0.05, 0.1) is 0 Å². The largest absolute Gasteiger partial charge is 0.360 e. The Hall–Kier alpha value is -1.01. The first-order valence-electron chi connectivity index (χ1n) is 6.74. The van der Waals surface area contributed by atoms with Crippen molar-refractivity contribution in [3.05, 3.63) is 17.5 Å². The van der Waals surface area contributed by atoms with Crippen LogP contribution in [0.4, 0.5) is 0 Å². The van der Waals surface area contributed by atoms with Gasteiger partial charge in [-0.2, -0.15) is 0 Å². The number of hydrogen-bond acceptors (Lipinski definition) is 5. The fraction of sp³-hybridized carbons (Fsp3) is 0.692. The highest BCUT2D eigenvalue weighted by molar-refractivity contribution is 7.96. The van der Waals surface area contributed by atoms with Crippen LogP contribution in [-0.4, -0.2) is 40.8 Å². The molecule has 6 heteroatoms. The van der Waals surface area contributed by atoms with E-state index in [2.05, 4.69) is 28.0 Å². The van der Waals surface area contributed by atoms with E-state index >= 15 is 0 Å². The summed E-state index contributed by atoms with van der Waals surface area (Å²) in [5.74, 6) is 1.70. The van der Waals surface area contributed by atoms with Gasteiger partial charge < -0.3 is 9.84 Å². The number of hydrogen-bond donors (Lipinski definition) is 1. The average molecular weight is 281 g/mol. The molecule has 0 spiro atoms. The van der Waals surface area contributed by atoms with E-state index in [9.17, 15) is 4.79 Å². The van der Waals surface area contributed by atoms with Crippen LogP contribution in [0.25, 0.3) is 0 Å². The number of carbonyl (C=O) groups is 1. The summed E-state index contributed by atoms with van der Waals surface area (Å²) in [5, 5.41) is 6.94. The molecule has 2 atom stereocenters. The van der Waals surface area contributed by atoms with Gasteiger partial charge in [-0.05, 0) is 25.0 Å². The van der Waals surface area contributed by atoms with Gasteiger partial charge in [0.15, 0.2) is 5.69 Å². The maximum atomic E-state index is 12.1. The minimum Gasteiger partial charge on any atom is -0.360 e. The van der Waals surface area contributed by atoms with E-state index in [1.807, 2.05) is 0 Å². The maximum Gasteiger partial charge on any atom is 0.273 e. The summed E-state index contributed by atoms with van der Waals surface area (Å²) < 4.78 is 7.49. The second-order valence-electron chi connectivity index (χ2n) is 5.48. The van der Waals surface area contributed by atoms with Gasteiger partial charge in [0.25, 0.3) is 5.91 Å². The molecule has 1 amide bonds. The SMILES string of the molecule is CSN1CC(C)C(NC(=O)c2cc(C3CC3)on2)C1. The Morgan fingerprint density at radius 1 is 1.53 bits per heavy atom. The molecule has 3 rings (SSSR count). The van der Waals surface area contributed by atoms with Crippen molar-refractivity contribution in [3.63, 3.8) is 0 Å². The predicted molar refractivity (Wildman–Crippen MR) is 74.0 cm³/mol. The Kier molecular flexibility index (Phi) is 3.54. The van der Waals surface area contributed by atoms with Crippen LogP contribution in [0.15, 0.2) is 10.6 Å². The van der Waals surface area contributed by atoms with Gasteiger partial charge in [-0.15, -0.1) is 0 Å². The lowest BCUT2D eigenvalue weighted by atomic mass is 10.1. The van der Waals surface area contributed by atoms with Crippen LogP contribution in [0.2, 0.25) is 0 Å². The zero-order chi connectivity index (χ0) is 13.4. The lowest BCUT2D eigenvalue weighted by molar-refractivity contribution is 0.0923. The molecule has 1 aromatic heterocycles. The van der Waals surface area contributed by atoms with Gasteiger partial charge in [-0.1, -0.05) is 24.0 Å². The molecule has 104 valence electrons. The third-order valence-electron chi connectivity index (χ3n) is 3.89. The lowest BCUT2D eigenvalue weighted by Gasteiger charge is -2.15. The molecule has 1 aliphatic heterocycles. The van der Waals surface area contributed by atoms with Gasteiger partial charge in [0, 0.05) is 31.1 Å². The maximum absolute atomic E-state index is 12.1. The van der Waals surface area contributed by atoms with Crippen LogP contribution in [0.3, 0.4) is 0 Å². The summed E-state index contributed by atoms with van der Waals surface area (Å²) in [4.78, 5) is 12.1. The summed E-state index contributed by atoms with van der Waals surface area (Å²) in [6, 6.07) is 1.99. The number of rotatable bonds is 4. The van der Waals surface area contributed by atoms with E-state index in [-0.39, 0.29) is 11.9 Å². The monoisotopic (exact) mass is 281 g/mol. The van der Waals surface area contributed by atoms with Crippen molar-refractivity contribution in [2.75, 3.05) is 19.3 Å². The topological polar surface area (TPSA) is 58.4 Å². The molecule has 1 N–H and O–H groups in total. The van der Waals surface area contributed by atoms with Crippen LogP contribution >= 0.6 is 11.9 Å². The zero-order valence-electron chi connectivity index (χ0n) is 11.3. The summed E-state index contributed by atoms with van der Waals surface area (Å²) in [6.07, 6.45) is 4.37. The van der Waals surface area contributed by atoms with Crippen LogP contribution in [-0.2, 0) is 0 Å². The Bertz CT molecular complexity index is 472. The molecule has 1 aliphatic carbocycles. The molecule has 2 fully saturated rings. The predicted octanol–water partition coefficient (Wildman–Crippen LogP) is 1.88. The minimum absolute atomic E-state index is 0.115. The molecule has 2 unspecified atom stereocenters. The molecule has 0 bridgehead atoms. The van der Waals surface area contributed by atoms with Gasteiger partial charge in [-0.3, -0.25) is 4.79 Å². The van der Waals surface area contributed by atoms with Crippen molar-refractivity contribution in [2.24, 2.45) is 5.92 Å². The van der Waals surface area contributed by atoms with E-state index in [0.717, 1.165) is 31.7 Å². The second-order valence-corrected chi connectivity index (χ2v) is 6.36. The van der Waals surface area contributed by atoms with Crippen molar-refractivity contribution >= 4 is 17.9 Å². The van der Waals surface area contributed by atoms with E-state index < -0.39 is 0 Å². The van der Waals surface area contributed by atoms with Gasteiger partial charge >= 0.3 is 0 Å². The first-order chi connectivity index (χ1) is 9.17. The smallest absolute Gasteiger partial charge is 0.273 e. The zero-order valence-corrected chi connectivity index (χ0v) is 12.1.